The second-order valence-electron chi connectivity index (χ2n) is 6.74. The highest BCUT2D eigenvalue weighted by atomic mass is 32.2. The molecular weight excluding hydrogens is 429 g/mol. The largest absolute Gasteiger partial charge is 0.416 e. The fourth-order valence-electron chi connectivity index (χ4n) is 3.04. The lowest BCUT2D eigenvalue weighted by atomic mass is 10.2. The fraction of sp³-hybridized carbons (Fsp3) is 0.286. The molecule has 0 radical (unpaired) electrons. The summed E-state index contributed by atoms with van der Waals surface area (Å²) in [5.74, 6) is -0.564. The highest BCUT2D eigenvalue weighted by Gasteiger charge is 2.31. The Kier molecular flexibility index (Phi) is 6.89. The number of rotatable bonds is 7. The van der Waals surface area contributed by atoms with Gasteiger partial charge in [-0.1, -0.05) is 24.8 Å². The van der Waals surface area contributed by atoms with Gasteiger partial charge in [-0.2, -0.15) is 13.2 Å². The number of halogens is 3. The van der Waals surface area contributed by atoms with Crippen molar-refractivity contribution in [3.05, 3.63) is 53.6 Å². The molecule has 0 unspecified atom stereocenters. The minimum atomic E-state index is -4.44. The Bertz CT molecular complexity index is 1110. The first kappa shape index (κ1) is 22.7. The average molecular weight is 450 g/mol. The monoisotopic (exact) mass is 450 g/mol. The highest BCUT2D eigenvalue weighted by Crippen LogP contribution is 2.33. The van der Waals surface area contributed by atoms with Gasteiger partial charge in [0.2, 0.25) is 5.91 Å². The van der Waals surface area contributed by atoms with Crippen LogP contribution in [0.2, 0.25) is 0 Å². The van der Waals surface area contributed by atoms with Crippen LogP contribution in [0.25, 0.3) is 11.0 Å². The summed E-state index contributed by atoms with van der Waals surface area (Å²) in [6.07, 6.45) is -3.74. The normalized spacial score (nSPS) is 11.5. The van der Waals surface area contributed by atoms with Crippen molar-refractivity contribution >= 4 is 40.3 Å². The third-order valence-corrected chi connectivity index (χ3v) is 5.43. The minimum Gasteiger partial charge on any atom is -0.355 e. The summed E-state index contributed by atoms with van der Waals surface area (Å²) in [5.41, 5.74) is 0.991. The molecule has 6 nitrogen and oxygen atoms in total. The van der Waals surface area contributed by atoms with E-state index in [4.69, 9.17) is 0 Å². The number of aromatic nitrogens is 2. The minimum absolute atomic E-state index is 0.0172. The van der Waals surface area contributed by atoms with Gasteiger partial charge in [0, 0.05) is 24.8 Å². The maximum absolute atomic E-state index is 13.1. The molecule has 0 saturated heterocycles. The molecule has 0 aliphatic rings. The second kappa shape index (κ2) is 9.42. The lowest BCUT2D eigenvalue weighted by Gasteiger charge is -2.10. The number of alkyl halides is 3. The van der Waals surface area contributed by atoms with Gasteiger partial charge in [0.15, 0.2) is 5.16 Å². The standard InChI is InChI=1S/C21H21F3N4O2S/c1-3-9-28-17-11-14(21(22,23)24)7-8-16(17)27-20(28)31-12-18(29)26-15-6-4-5-13(10-15)19(30)25-2/h4-8,10-11H,3,9,12H2,1-2H3,(H,25,30)(H,26,29). The van der Waals surface area contributed by atoms with Crippen molar-refractivity contribution in [2.75, 3.05) is 18.1 Å². The molecule has 0 atom stereocenters. The number of hydrogen-bond donors (Lipinski definition) is 2. The Morgan fingerprint density at radius 1 is 1.16 bits per heavy atom. The molecule has 2 amide bonds. The molecule has 0 spiro atoms. The maximum Gasteiger partial charge on any atom is 0.416 e. The Labute approximate surface area is 181 Å². The third kappa shape index (κ3) is 5.38. The lowest BCUT2D eigenvalue weighted by molar-refractivity contribution is -0.137. The molecule has 31 heavy (non-hydrogen) atoms. The van der Waals surface area contributed by atoms with Crippen LogP contribution in [0.15, 0.2) is 47.6 Å². The van der Waals surface area contributed by atoms with Crippen LogP contribution in [0, 0.1) is 0 Å². The van der Waals surface area contributed by atoms with Gasteiger partial charge in [0.1, 0.15) is 0 Å². The molecule has 3 aromatic rings. The zero-order chi connectivity index (χ0) is 22.6. The Morgan fingerprint density at radius 2 is 1.94 bits per heavy atom. The number of benzene rings is 2. The SMILES string of the molecule is CCCn1c(SCC(=O)Nc2cccc(C(=O)NC)c2)nc2ccc(C(F)(F)F)cc21. The molecule has 3 rings (SSSR count). The first-order chi connectivity index (χ1) is 14.7. The Hall–Kier alpha value is -3.01. The number of amides is 2. The number of nitrogens with zero attached hydrogens (tertiary/aromatic N) is 2. The number of imidazole rings is 1. The van der Waals surface area contributed by atoms with Gasteiger partial charge in [0.05, 0.1) is 22.3 Å². The number of carbonyl (C=O) groups excluding carboxylic acids is 2. The molecule has 0 aliphatic heterocycles. The summed E-state index contributed by atoms with van der Waals surface area (Å²) in [4.78, 5) is 28.5. The maximum atomic E-state index is 13.1. The number of carbonyl (C=O) groups is 2. The molecule has 0 fully saturated rings. The summed E-state index contributed by atoms with van der Waals surface area (Å²) < 4.78 is 41.0. The zero-order valence-electron chi connectivity index (χ0n) is 16.9. The van der Waals surface area contributed by atoms with Gasteiger partial charge in [-0.15, -0.1) is 0 Å². The summed E-state index contributed by atoms with van der Waals surface area (Å²) in [6.45, 7) is 2.40. The highest BCUT2D eigenvalue weighted by molar-refractivity contribution is 7.99. The first-order valence-electron chi connectivity index (χ1n) is 9.55. The Morgan fingerprint density at radius 3 is 2.61 bits per heavy atom. The predicted molar refractivity (Wildman–Crippen MR) is 114 cm³/mol. The van der Waals surface area contributed by atoms with Crippen LogP contribution in [-0.4, -0.2) is 34.2 Å². The quantitative estimate of drug-likeness (QED) is 0.518. The summed E-state index contributed by atoms with van der Waals surface area (Å²) >= 11 is 1.15. The van der Waals surface area contributed by atoms with Crippen molar-refractivity contribution in [1.29, 1.82) is 0 Å². The average Bonchev–Trinajstić information content (AvgIpc) is 3.08. The van der Waals surface area contributed by atoms with Crippen LogP contribution in [-0.2, 0) is 17.5 Å². The molecule has 2 aromatic carbocycles. The van der Waals surface area contributed by atoms with Crippen LogP contribution >= 0.6 is 11.8 Å². The molecule has 0 aliphatic carbocycles. The number of fused-ring (bicyclic) bond motifs is 1. The number of aryl methyl sites for hydroxylation is 1. The topological polar surface area (TPSA) is 76.0 Å². The van der Waals surface area contributed by atoms with Crippen molar-refractivity contribution in [3.63, 3.8) is 0 Å². The molecule has 1 heterocycles. The zero-order valence-corrected chi connectivity index (χ0v) is 17.7. The van der Waals surface area contributed by atoms with Crippen molar-refractivity contribution in [1.82, 2.24) is 14.9 Å². The number of hydrogen-bond acceptors (Lipinski definition) is 4. The van der Waals surface area contributed by atoms with Gasteiger partial charge < -0.3 is 15.2 Å². The molecular formula is C21H21F3N4O2S. The molecule has 0 bridgehead atoms. The molecule has 0 saturated carbocycles. The fourth-order valence-corrected chi connectivity index (χ4v) is 3.88. The van der Waals surface area contributed by atoms with Gasteiger partial charge in [0.25, 0.3) is 5.91 Å². The van der Waals surface area contributed by atoms with Gasteiger partial charge >= 0.3 is 6.18 Å². The van der Waals surface area contributed by atoms with Crippen molar-refractivity contribution in [2.24, 2.45) is 0 Å². The smallest absolute Gasteiger partial charge is 0.355 e. The van der Waals surface area contributed by atoms with Crippen molar-refractivity contribution in [3.8, 4) is 0 Å². The molecule has 164 valence electrons. The third-order valence-electron chi connectivity index (χ3n) is 4.46. The van der Waals surface area contributed by atoms with E-state index in [2.05, 4.69) is 15.6 Å². The first-order valence-corrected chi connectivity index (χ1v) is 10.5. The van der Waals surface area contributed by atoms with E-state index >= 15 is 0 Å². The number of anilines is 1. The molecule has 10 heteroatoms. The van der Waals surface area contributed by atoms with E-state index in [1.807, 2.05) is 6.92 Å². The number of thioether (sulfide) groups is 1. The van der Waals surface area contributed by atoms with Crippen LogP contribution in [0.5, 0.6) is 0 Å². The summed E-state index contributed by atoms with van der Waals surface area (Å²) in [6, 6.07) is 9.96. The second-order valence-corrected chi connectivity index (χ2v) is 7.69. The molecule has 1 aromatic heterocycles. The van der Waals surface area contributed by atoms with Crippen LogP contribution in [0.3, 0.4) is 0 Å². The van der Waals surface area contributed by atoms with Gasteiger partial charge in [-0.05, 0) is 42.8 Å². The Balaban J connectivity index is 1.76. The predicted octanol–water partition coefficient (Wildman–Crippen LogP) is 4.56. The van der Waals surface area contributed by atoms with Crippen LogP contribution in [0.4, 0.5) is 18.9 Å². The number of nitrogens with one attached hydrogen (secondary N) is 2. The van der Waals surface area contributed by atoms with E-state index in [9.17, 15) is 22.8 Å². The van der Waals surface area contributed by atoms with Crippen molar-refractivity contribution in [2.45, 2.75) is 31.2 Å². The lowest BCUT2D eigenvalue weighted by Crippen LogP contribution is -2.19. The van der Waals surface area contributed by atoms with Crippen LogP contribution in [0.1, 0.15) is 29.3 Å². The van der Waals surface area contributed by atoms with E-state index in [0.29, 0.717) is 40.4 Å². The molecule has 2 N–H and O–H groups in total. The van der Waals surface area contributed by atoms with Gasteiger partial charge in [-0.25, -0.2) is 4.98 Å². The summed E-state index contributed by atoms with van der Waals surface area (Å²) in [5, 5.41) is 5.71. The van der Waals surface area contributed by atoms with E-state index in [1.54, 1.807) is 28.8 Å². The van der Waals surface area contributed by atoms with Crippen molar-refractivity contribution < 1.29 is 22.8 Å². The van der Waals surface area contributed by atoms with E-state index < -0.39 is 11.7 Å². The summed E-state index contributed by atoms with van der Waals surface area (Å²) in [7, 11) is 1.52. The van der Waals surface area contributed by atoms with E-state index in [-0.39, 0.29) is 17.6 Å². The van der Waals surface area contributed by atoms with E-state index in [1.165, 1.54) is 13.1 Å². The van der Waals surface area contributed by atoms with E-state index in [0.717, 1.165) is 23.9 Å². The van der Waals surface area contributed by atoms with Crippen LogP contribution < -0.4 is 10.6 Å². The van der Waals surface area contributed by atoms with Gasteiger partial charge in [-0.3, -0.25) is 9.59 Å².